The summed E-state index contributed by atoms with van der Waals surface area (Å²) in [6.07, 6.45) is 2.22. The van der Waals surface area contributed by atoms with Crippen molar-refractivity contribution >= 4 is 17.4 Å². The molecule has 0 saturated heterocycles. The van der Waals surface area contributed by atoms with Gasteiger partial charge in [-0.3, -0.25) is 4.79 Å². The lowest BCUT2D eigenvalue weighted by atomic mass is 10.1. The summed E-state index contributed by atoms with van der Waals surface area (Å²) in [5.74, 6) is 0.346. The topological polar surface area (TPSA) is 76.1 Å². The fraction of sp³-hybridized carbons (Fsp3) is 0.312. The van der Waals surface area contributed by atoms with Gasteiger partial charge in [0.25, 0.3) is 5.91 Å². The number of aromatic nitrogens is 2. The van der Waals surface area contributed by atoms with Crippen LogP contribution in [-0.4, -0.2) is 36.1 Å². The summed E-state index contributed by atoms with van der Waals surface area (Å²) >= 11 is 0. The van der Waals surface area contributed by atoms with Crippen LogP contribution in [0.5, 0.6) is 0 Å². The van der Waals surface area contributed by atoms with Crippen molar-refractivity contribution in [1.82, 2.24) is 9.97 Å². The van der Waals surface area contributed by atoms with E-state index in [1.54, 1.807) is 13.2 Å². The fourth-order valence-electron chi connectivity index (χ4n) is 2.00. The minimum atomic E-state index is -0.252. The Kier molecular flexibility index (Phi) is 5.85. The Bertz CT molecular complexity index is 631. The second kappa shape index (κ2) is 8.09. The van der Waals surface area contributed by atoms with Crippen LogP contribution < -0.4 is 10.6 Å². The molecule has 1 aromatic carbocycles. The Morgan fingerprint density at radius 2 is 2.09 bits per heavy atom. The number of ether oxygens (including phenoxy) is 1. The predicted molar refractivity (Wildman–Crippen MR) is 86.2 cm³/mol. The van der Waals surface area contributed by atoms with Gasteiger partial charge in [0, 0.05) is 25.4 Å². The van der Waals surface area contributed by atoms with E-state index in [-0.39, 0.29) is 5.91 Å². The maximum absolute atomic E-state index is 12.3. The molecule has 1 amide bonds. The SMILES string of the molecule is CCc1ccccc1NC(=O)c1cc(NCCOC)ncn1. The molecule has 0 radical (unpaired) electrons. The van der Waals surface area contributed by atoms with E-state index in [0.717, 1.165) is 17.7 Å². The van der Waals surface area contributed by atoms with Gasteiger partial charge < -0.3 is 15.4 Å². The van der Waals surface area contributed by atoms with Gasteiger partial charge >= 0.3 is 0 Å². The lowest BCUT2D eigenvalue weighted by Gasteiger charge is -2.10. The number of anilines is 2. The second-order valence-corrected chi connectivity index (χ2v) is 4.67. The number of carbonyl (C=O) groups is 1. The Morgan fingerprint density at radius 3 is 2.86 bits per heavy atom. The summed E-state index contributed by atoms with van der Waals surface area (Å²) in [5.41, 5.74) is 2.21. The Labute approximate surface area is 129 Å². The number of methoxy groups -OCH3 is 1. The average Bonchev–Trinajstić information content (AvgIpc) is 2.56. The number of nitrogens with zero attached hydrogens (tertiary/aromatic N) is 2. The molecule has 116 valence electrons. The van der Waals surface area contributed by atoms with Crippen LogP contribution in [0.25, 0.3) is 0 Å². The molecule has 1 heterocycles. The molecular weight excluding hydrogens is 280 g/mol. The summed E-state index contributed by atoms with van der Waals surface area (Å²) in [6.45, 7) is 3.23. The van der Waals surface area contributed by atoms with Gasteiger partial charge in [-0.2, -0.15) is 0 Å². The number of para-hydroxylation sites is 1. The molecule has 2 rings (SSSR count). The first-order chi connectivity index (χ1) is 10.7. The lowest BCUT2D eigenvalue weighted by Crippen LogP contribution is -2.16. The van der Waals surface area contributed by atoms with Gasteiger partial charge in [-0.25, -0.2) is 9.97 Å². The maximum atomic E-state index is 12.3. The van der Waals surface area contributed by atoms with Gasteiger partial charge in [0.15, 0.2) is 0 Å². The molecule has 2 aromatic rings. The van der Waals surface area contributed by atoms with Crippen LogP contribution in [0.15, 0.2) is 36.7 Å². The van der Waals surface area contributed by atoms with Crippen molar-refractivity contribution in [2.24, 2.45) is 0 Å². The van der Waals surface area contributed by atoms with Crippen molar-refractivity contribution in [3.63, 3.8) is 0 Å². The maximum Gasteiger partial charge on any atom is 0.274 e. The zero-order valence-electron chi connectivity index (χ0n) is 12.8. The summed E-state index contributed by atoms with van der Waals surface area (Å²) < 4.78 is 4.96. The Hall–Kier alpha value is -2.47. The Morgan fingerprint density at radius 1 is 1.27 bits per heavy atom. The van der Waals surface area contributed by atoms with Gasteiger partial charge in [-0.15, -0.1) is 0 Å². The summed E-state index contributed by atoms with van der Waals surface area (Å²) in [4.78, 5) is 20.4. The van der Waals surface area contributed by atoms with E-state index in [1.807, 2.05) is 31.2 Å². The number of amides is 1. The first-order valence-electron chi connectivity index (χ1n) is 7.18. The Balaban J connectivity index is 2.07. The summed E-state index contributed by atoms with van der Waals surface area (Å²) in [6, 6.07) is 9.35. The van der Waals surface area contributed by atoms with E-state index in [9.17, 15) is 4.79 Å². The van der Waals surface area contributed by atoms with Crippen LogP contribution in [0, 0.1) is 0 Å². The number of aryl methyl sites for hydroxylation is 1. The number of hydrogen-bond acceptors (Lipinski definition) is 5. The molecule has 22 heavy (non-hydrogen) atoms. The highest BCUT2D eigenvalue weighted by molar-refractivity contribution is 6.03. The fourth-order valence-corrected chi connectivity index (χ4v) is 2.00. The van der Waals surface area contributed by atoms with Gasteiger partial charge in [-0.1, -0.05) is 25.1 Å². The molecule has 0 atom stereocenters. The minimum Gasteiger partial charge on any atom is -0.383 e. The third kappa shape index (κ3) is 4.26. The van der Waals surface area contributed by atoms with Crippen LogP contribution in [0.3, 0.4) is 0 Å². The standard InChI is InChI=1S/C16H20N4O2/c1-3-12-6-4-5-7-13(12)20-16(21)14-10-15(19-11-18-14)17-8-9-22-2/h4-7,10-11H,3,8-9H2,1-2H3,(H,20,21)(H,17,18,19). The van der Waals surface area contributed by atoms with Crippen molar-refractivity contribution in [2.75, 3.05) is 30.9 Å². The summed E-state index contributed by atoms with van der Waals surface area (Å²) in [7, 11) is 1.63. The van der Waals surface area contributed by atoms with Crippen LogP contribution in [0.1, 0.15) is 23.0 Å². The quantitative estimate of drug-likeness (QED) is 0.768. The van der Waals surface area contributed by atoms with Crippen LogP contribution in [-0.2, 0) is 11.2 Å². The first kappa shape index (κ1) is 15.9. The normalized spacial score (nSPS) is 10.3. The highest BCUT2D eigenvalue weighted by Gasteiger charge is 2.10. The smallest absolute Gasteiger partial charge is 0.274 e. The van der Waals surface area contributed by atoms with Crippen LogP contribution in [0.4, 0.5) is 11.5 Å². The van der Waals surface area contributed by atoms with Crippen LogP contribution in [0.2, 0.25) is 0 Å². The number of carbonyl (C=O) groups excluding carboxylic acids is 1. The highest BCUT2D eigenvalue weighted by Crippen LogP contribution is 2.16. The average molecular weight is 300 g/mol. The third-order valence-corrected chi connectivity index (χ3v) is 3.16. The molecule has 0 fully saturated rings. The molecule has 0 aliphatic carbocycles. The summed E-state index contributed by atoms with van der Waals surface area (Å²) in [5, 5.41) is 5.96. The second-order valence-electron chi connectivity index (χ2n) is 4.67. The van der Waals surface area contributed by atoms with Crippen molar-refractivity contribution in [3.8, 4) is 0 Å². The van der Waals surface area contributed by atoms with E-state index < -0.39 is 0 Å². The van der Waals surface area contributed by atoms with Crippen molar-refractivity contribution in [2.45, 2.75) is 13.3 Å². The predicted octanol–water partition coefficient (Wildman–Crippen LogP) is 2.35. The van der Waals surface area contributed by atoms with Gasteiger partial charge in [-0.05, 0) is 18.1 Å². The third-order valence-electron chi connectivity index (χ3n) is 3.16. The van der Waals surface area contributed by atoms with Crippen molar-refractivity contribution in [1.29, 1.82) is 0 Å². The van der Waals surface area contributed by atoms with E-state index in [2.05, 4.69) is 20.6 Å². The van der Waals surface area contributed by atoms with Crippen molar-refractivity contribution < 1.29 is 9.53 Å². The molecular formula is C16H20N4O2. The molecule has 6 nitrogen and oxygen atoms in total. The molecule has 0 spiro atoms. The highest BCUT2D eigenvalue weighted by atomic mass is 16.5. The zero-order valence-corrected chi connectivity index (χ0v) is 12.8. The number of benzene rings is 1. The molecule has 0 aliphatic rings. The monoisotopic (exact) mass is 300 g/mol. The zero-order chi connectivity index (χ0) is 15.8. The molecule has 6 heteroatoms. The minimum absolute atomic E-state index is 0.252. The first-order valence-corrected chi connectivity index (χ1v) is 7.18. The molecule has 0 aliphatic heterocycles. The van der Waals surface area contributed by atoms with Gasteiger partial charge in [0.05, 0.1) is 6.61 Å². The van der Waals surface area contributed by atoms with Crippen molar-refractivity contribution in [3.05, 3.63) is 47.9 Å². The lowest BCUT2D eigenvalue weighted by molar-refractivity contribution is 0.102. The van der Waals surface area contributed by atoms with E-state index >= 15 is 0 Å². The van der Waals surface area contributed by atoms with Gasteiger partial charge in [0.1, 0.15) is 17.8 Å². The van der Waals surface area contributed by atoms with Crippen LogP contribution >= 0.6 is 0 Å². The molecule has 1 aromatic heterocycles. The number of rotatable bonds is 7. The molecule has 0 bridgehead atoms. The number of hydrogen-bond donors (Lipinski definition) is 2. The van der Waals surface area contributed by atoms with E-state index in [4.69, 9.17) is 4.74 Å². The molecule has 0 saturated carbocycles. The van der Waals surface area contributed by atoms with Gasteiger partial charge in [0.2, 0.25) is 0 Å². The number of nitrogens with one attached hydrogen (secondary N) is 2. The molecule has 2 N–H and O–H groups in total. The van der Waals surface area contributed by atoms with E-state index in [0.29, 0.717) is 24.7 Å². The van der Waals surface area contributed by atoms with E-state index in [1.165, 1.54) is 6.33 Å². The largest absolute Gasteiger partial charge is 0.383 e. The molecule has 0 unspecified atom stereocenters.